The van der Waals surface area contributed by atoms with Gasteiger partial charge in [0.15, 0.2) is 0 Å². The van der Waals surface area contributed by atoms with Crippen molar-refractivity contribution in [2.24, 2.45) is 5.92 Å². The highest BCUT2D eigenvalue weighted by molar-refractivity contribution is 6.08. The lowest BCUT2D eigenvalue weighted by atomic mass is 9.97. The second kappa shape index (κ2) is 8.46. The summed E-state index contributed by atoms with van der Waals surface area (Å²) in [5.41, 5.74) is 2.30. The molecule has 1 N–H and O–H groups in total. The molecule has 0 unspecified atom stereocenters. The first-order valence-electron chi connectivity index (χ1n) is 9.69. The number of amides is 2. The van der Waals surface area contributed by atoms with Crippen LogP contribution in [0.15, 0.2) is 24.3 Å². The van der Waals surface area contributed by atoms with Gasteiger partial charge in [0.2, 0.25) is 5.91 Å². The molecule has 28 heavy (non-hydrogen) atoms. The summed E-state index contributed by atoms with van der Waals surface area (Å²) in [6, 6.07) is 7.64. The quantitative estimate of drug-likeness (QED) is 0.801. The van der Waals surface area contributed by atoms with E-state index in [-0.39, 0.29) is 30.2 Å². The zero-order chi connectivity index (χ0) is 20.3. The summed E-state index contributed by atoms with van der Waals surface area (Å²) in [5.74, 6) is -0.602. The van der Waals surface area contributed by atoms with Gasteiger partial charge in [0, 0.05) is 36.7 Å². The zero-order valence-corrected chi connectivity index (χ0v) is 16.7. The molecule has 1 aliphatic heterocycles. The van der Waals surface area contributed by atoms with E-state index in [4.69, 9.17) is 4.74 Å². The van der Waals surface area contributed by atoms with Gasteiger partial charge in [0.25, 0.3) is 5.91 Å². The van der Waals surface area contributed by atoms with Crippen LogP contribution in [-0.2, 0) is 14.3 Å². The van der Waals surface area contributed by atoms with Crippen LogP contribution in [0.4, 0.5) is 0 Å². The number of likely N-dealkylation sites (tertiary alicyclic amines) is 1. The number of aromatic amines is 1. The molecule has 0 radical (unpaired) electrons. The van der Waals surface area contributed by atoms with Gasteiger partial charge in [-0.2, -0.15) is 0 Å². The Kier molecular flexibility index (Phi) is 6.02. The van der Waals surface area contributed by atoms with E-state index in [1.54, 1.807) is 18.9 Å². The van der Waals surface area contributed by atoms with E-state index in [0.29, 0.717) is 38.1 Å². The maximum absolute atomic E-state index is 12.9. The Bertz CT molecular complexity index is 881. The summed E-state index contributed by atoms with van der Waals surface area (Å²) >= 11 is 0. The number of para-hydroxylation sites is 1. The molecule has 1 fully saturated rings. The van der Waals surface area contributed by atoms with E-state index in [1.165, 1.54) is 4.90 Å². The van der Waals surface area contributed by atoms with E-state index in [9.17, 15) is 14.4 Å². The summed E-state index contributed by atoms with van der Waals surface area (Å²) in [6.07, 6.45) is 1.20. The first-order chi connectivity index (χ1) is 13.4. The molecule has 2 heterocycles. The molecule has 0 atom stereocenters. The average molecular weight is 385 g/mol. The lowest BCUT2D eigenvalue weighted by molar-refractivity contribution is -0.151. The molecular formula is C21H27N3O4. The monoisotopic (exact) mass is 385 g/mol. The van der Waals surface area contributed by atoms with E-state index in [1.807, 2.05) is 31.2 Å². The number of carbonyl (C=O) groups excluding carboxylic acids is 3. The molecule has 1 aromatic heterocycles. The third-order valence-corrected chi connectivity index (χ3v) is 5.29. The van der Waals surface area contributed by atoms with E-state index in [2.05, 4.69) is 4.98 Å². The number of H-pyrrole nitrogens is 1. The predicted molar refractivity (Wildman–Crippen MR) is 106 cm³/mol. The Morgan fingerprint density at radius 1 is 1.21 bits per heavy atom. The average Bonchev–Trinajstić information content (AvgIpc) is 3.03. The Hall–Kier alpha value is -2.83. The fourth-order valence-electron chi connectivity index (χ4n) is 3.74. The van der Waals surface area contributed by atoms with E-state index >= 15 is 0 Å². The summed E-state index contributed by atoms with van der Waals surface area (Å²) in [7, 11) is 1.65. The highest BCUT2D eigenvalue weighted by atomic mass is 16.5. The van der Waals surface area contributed by atoms with Crippen molar-refractivity contribution in [2.75, 3.05) is 33.3 Å². The normalized spacial score (nSPS) is 14.9. The third-order valence-electron chi connectivity index (χ3n) is 5.29. The molecule has 1 saturated heterocycles. The molecular weight excluding hydrogens is 358 g/mol. The van der Waals surface area contributed by atoms with Crippen LogP contribution in [-0.4, -0.2) is 65.9 Å². The van der Waals surface area contributed by atoms with Gasteiger partial charge in [-0.05, 0) is 32.8 Å². The van der Waals surface area contributed by atoms with Gasteiger partial charge < -0.3 is 19.5 Å². The minimum Gasteiger partial charge on any atom is -0.466 e. The molecule has 0 aliphatic carbocycles. The number of hydrogen-bond donors (Lipinski definition) is 1. The van der Waals surface area contributed by atoms with Gasteiger partial charge in [-0.3, -0.25) is 14.4 Å². The molecule has 2 amide bonds. The van der Waals surface area contributed by atoms with Crippen LogP contribution in [0, 0.1) is 12.8 Å². The van der Waals surface area contributed by atoms with Gasteiger partial charge in [0.1, 0.15) is 0 Å². The van der Waals surface area contributed by atoms with Crippen LogP contribution < -0.4 is 0 Å². The number of benzene rings is 1. The van der Waals surface area contributed by atoms with Crippen molar-refractivity contribution in [3.05, 3.63) is 35.5 Å². The van der Waals surface area contributed by atoms with Crippen LogP contribution >= 0.6 is 0 Å². The van der Waals surface area contributed by atoms with E-state index in [0.717, 1.165) is 16.6 Å². The molecule has 3 rings (SSSR count). The minimum atomic E-state index is -0.184. The van der Waals surface area contributed by atoms with Crippen molar-refractivity contribution in [1.29, 1.82) is 0 Å². The lowest BCUT2D eigenvalue weighted by Gasteiger charge is -2.32. The van der Waals surface area contributed by atoms with Crippen molar-refractivity contribution in [2.45, 2.75) is 26.7 Å². The number of aryl methyl sites for hydroxylation is 1. The van der Waals surface area contributed by atoms with Crippen LogP contribution in [0.3, 0.4) is 0 Å². The van der Waals surface area contributed by atoms with Crippen LogP contribution in [0.5, 0.6) is 0 Å². The molecule has 0 saturated carbocycles. The summed E-state index contributed by atoms with van der Waals surface area (Å²) in [6.45, 7) is 5.06. The maximum atomic E-state index is 12.9. The van der Waals surface area contributed by atoms with Gasteiger partial charge in [0.05, 0.1) is 24.6 Å². The first-order valence-corrected chi connectivity index (χ1v) is 9.69. The van der Waals surface area contributed by atoms with Gasteiger partial charge in [-0.15, -0.1) is 0 Å². The number of hydrogen-bond acceptors (Lipinski definition) is 4. The summed E-state index contributed by atoms with van der Waals surface area (Å²) in [4.78, 5) is 43.8. The number of nitrogens with one attached hydrogen (secondary N) is 1. The highest BCUT2D eigenvalue weighted by Gasteiger charge is 2.29. The highest BCUT2D eigenvalue weighted by Crippen LogP contribution is 2.23. The van der Waals surface area contributed by atoms with Crippen molar-refractivity contribution in [3.63, 3.8) is 0 Å². The minimum absolute atomic E-state index is 0.0157. The topological polar surface area (TPSA) is 82.7 Å². The Labute approximate surface area is 164 Å². The predicted octanol–water partition coefficient (Wildman–Crippen LogP) is 2.35. The van der Waals surface area contributed by atoms with Crippen molar-refractivity contribution < 1.29 is 19.1 Å². The fourth-order valence-corrected chi connectivity index (χ4v) is 3.74. The summed E-state index contributed by atoms with van der Waals surface area (Å²) < 4.78 is 5.06. The second-order valence-electron chi connectivity index (χ2n) is 7.24. The Morgan fingerprint density at radius 2 is 1.89 bits per heavy atom. The molecule has 1 aliphatic rings. The first kappa shape index (κ1) is 19.9. The molecule has 0 spiro atoms. The van der Waals surface area contributed by atoms with Crippen molar-refractivity contribution in [3.8, 4) is 0 Å². The number of ether oxygens (including phenoxy) is 1. The zero-order valence-electron chi connectivity index (χ0n) is 16.7. The molecule has 7 heteroatoms. The maximum Gasteiger partial charge on any atom is 0.309 e. The molecule has 1 aromatic carbocycles. The van der Waals surface area contributed by atoms with Gasteiger partial charge in [-0.25, -0.2) is 0 Å². The number of aromatic nitrogens is 1. The molecule has 150 valence electrons. The van der Waals surface area contributed by atoms with Crippen LogP contribution in [0.25, 0.3) is 10.9 Å². The fraction of sp³-hybridized carbons (Fsp3) is 0.476. The molecule has 2 aromatic rings. The SMILES string of the molecule is CCOC(=O)C1CCN(C(=O)CN(C)C(=O)c2c(C)[nH]c3ccccc23)CC1. The number of rotatable bonds is 5. The van der Waals surface area contributed by atoms with E-state index < -0.39 is 0 Å². The second-order valence-corrected chi connectivity index (χ2v) is 7.24. The number of fused-ring (bicyclic) bond motifs is 1. The number of likely N-dealkylation sites (N-methyl/N-ethyl adjacent to an activating group) is 1. The number of esters is 1. The summed E-state index contributed by atoms with van der Waals surface area (Å²) in [5, 5.41) is 0.861. The lowest BCUT2D eigenvalue weighted by Crippen LogP contribution is -2.45. The van der Waals surface area contributed by atoms with Crippen LogP contribution in [0.2, 0.25) is 0 Å². The number of nitrogens with zero attached hydrogens (tertiary/aromatic N) is 2. The smallest absolute Gasteiger partial charge is 0.309 e. The van der Waals surface area contributed by atoms with Crippen molar-refractivity contribution >= 4 is 28.7 Å². The largest absolute Gasteiger partial charge is 0.466 e. The number of piperidine rings is 1. The number of carbonyl (C=O) groups is 3. The molecule has 0 bridgehead atoms. The third kappa shape index (κ3) is 4.03. The standard InChI is InChI=1S/C21H27N3O4/c1-4-28-21(27)15-9-11-24(12-10-15)18(25)13-23(3)20(26)19-14(2)22-17-8-6-5-7-16(17)19/h5-8,15,22H,4,9-13H2,1-3H3. The van der Waals surface area contributed by atoms with Crippen molar-refractivity contribution in [1.82, 2.24) is 14.8 Å². The van der Waals surface area contributed by atoms with Gasteiger partial charge in [-0.1, -0.05) is 18.2 Å². The molecule has 7 nitrogen and oxygen atoms in total. The van der Waals surface area contributed by atoms with Crippen LogP contribution in [0.1, 0.15) is 35.8 Å². The Balaban J connectivity index is 1.61. The Morgan fingerprint density at radius 3 is 2.57 bits per heavy atom. The van der Waals surface area contributed by atoms with Gasteiger partial charge >= 0.3 is 5.97 Å².